The minimum absolute atomic E-state index is 0.119. The Balaban J connectivity index is 1.73. The first-order valence-electron chi connectivity index (χ1n) is 8.49. The van der Waals surface area contributed by atoms with Gasteiger partial charge < -0.3 is 4.57 Å². The molecule has 1 unspecified atom stereocenters. The van der Waals surface area contributed by atoms with Crippen LogP contribution in [0.2, 0.25) is 14.4 Å². The van der Waals surface area contributed by atoms with Gasteiger partial charge in [0.1, 0.15) is 10.3 Å². The topological polar surface area (TPSA) is 71.7 Å². The molecule has 0 bridgehead atoms. The number of hydrogen-bond donors (Lipinski definition) is 0. The van der Waals surface area contributed by atoms with Crippen LogP contribution in [0.1, 0.15) is 12.8 Å². The molecule has 1 amide bonds. The van der Waals surface area contributed by atoms with E-state index in [4.69, 9.17) is 34.8 Å². The number of carbonyl (C=O) groups excluding carboxylic acids is 1. The Morgan fingerprint density at radius 1 is 1.14 bits per heavy atom. The lowest BCUT2D eigenvalue weighted by atomic mass is 10.2. The molecule has 1 fully saturated rings. The van der Waals surface area contributed by atoms with Crippen LogP contribution in [-0.2, 0) is 21.9 Å². The molecule has 6 nitrogen and oxygen atoms in total. The molecular formula is C17H14Cl3N3O3S3. The van der Waals surface area contributed by atoms with Gasteiger partial charge in [0.2, 0.25) is 0 Å². The molecule has 12 heteroatoms. The van der Waals surface area contributed by atoms with Crippen LogP contribution in [0.25, 0.3) is 10.2 Å². The molecule has 1 saturated heterocycles. The second-order valence-corrected chi connectivity index (χ2v) is 12.1. The van der Waals surface area contributed by atoms with Gasteiger partial charge in [-0.25, -0.2) is 8.42 Å². The van der Waals surface area contributed by atoms with E-state index in [0.29, 0.717) is 37.5 Å². The van der Waals surface area contributed by atoms with Crippen LogP contribution in [0, 0.1) is 0 Å². The van der Waals surface area contributed by atoms with E-state index >= 15 is 0 Å². The number of nitrogens with zero attached hydrogens (tertiary/aromatic N) is 3. The maximum atomic E-state index is 13.0. The van der Waals surface area contributed by atoms with Gasteiger partial charge in [-0.1, -0.05) is 46.1 Å². The summed E-state index contributed by atoms with van der Waals surface area (Å²) in [5, 5.41) is 1.01. The molecule has 2 aromatic heterocycles. The summed E-state index contributed by atoms with van der Waals surface area (Å²) in [6.07, 6.45) is 0.997. The van der Waals surface area contributed by atoms with E-state index in [1.807, 2.05) is 0 Å². The van der Waals surface area contributed by atoms with Crippen LogP contribution >= 0.6 is 57.5 Å². The molecule has 29 heavy (non-hydrogen) atoms. The number of thiazole rings is 1. The Morgan fingerprint density at radius 3 is 2.52 bits per heavy atom. The Bertz CT molecular complexity index is 1290. The number of benzene rings is 1. The van der Waals surface area contributed by atoms with E-state index in [1.165, 1.54) is 27.8 Å². The van der Waals surface area contributed by atoms with Crippen molar-refractivity contribution >= 4 is 83.6 Å². The molecule has 0 aliphatic carbocycles. The Hall–Kier alpha value is -0.940. The first-order valence-corrected chi connectivity index (χ1v) is 12.7. The van der Waals surface area contributed by atoms with E-state index < -0.39 is 22.0 Å². The van der Waals surface area contributed by atoms with Gasteiger partial charge >= 0.3 is 0 Å². The van der Waals surface area contributed by atoms with Crippen molar-refractivity contribution < 1.29 is 13.2 Å². The van der Waals surface area contributed by atoms with Gasteiger partial charge in [-0.15, -0.1) is 11.3 Å². The van der Waals surface area contributed by atoms with Crippen LogP contribution < -0.4 is 4.80 Å². The summed E-state index contributed by atoms with van der Waals surface area (Å²) in [6, 6.07) is 5.50. The fraction of sp³-hybridized carbons (Fsp3) is 0.294. The summed E-state index contributed by atoms with van der Waals surface area (Å²) in [7, 11) is -2.07. The molecule has 1 aliphatic rings. The fourth-order valence-electron chi connectivity index (χ4n) is 3.28. The molecule has 0 radical (unpaired) electrons. The molecular weight excluding hydrogens is 497 g/mol. The third kappa shape index (κ3) is 3.78. The van der Waals surface area contributed by atoms with Crippen molar-refractivity contribution in [3.8, 4) is 0 Å². The van der Waals surface area contributed by atoms with E-state index in [2.05, 4.69) is 4.99 Å². The van der Waals surface area contributed by atoms with E-state index in [1.54, 1.807) is 23.7 Å². The molecule has 154 valence electrons. The number of rotatable bonds is 3. The number of sulfonamides is 1. The molecule has 0 saturated carbocycles. The number of aromatic nitrogens is 1. The Labute approximate surface area is 190 Å². The molecule has 3 aromatic rings. The highest BCUT2D eigenvalue weighted by Crippen LogP contribution is 2.33. The summed E-state index contributed by atoms with van der Waals surface area (Å²) in [5.74, 6) is -0.511. The number of fused-ring (bicyclic) bond motifs is 1. The lowest BCUT2D eigenvalue weighted by Gasteiger charge is -2.20. The van der Waals surface area contributed by atoms with E-state index in [9.17, 15) is 13.2 Å². The van der Waals surface area contributed by atoms with Crippen LogP contribution in [0.3, 0.4) is 0 Å². The summed E-state index contributed by atoms with van der Waals surface area (Å²) < 4.78 is 30.0. The zero-order chi connectivity index (χ0) is 20.9. The summed E-state index contributed by atoms with van der Waals surface area (Å²) in [4.78, 5) is 17.6. The lowest BCUT2D eigenvalue weighted by molar-refractivity contribution is -0.121. The van der Waals surface area contributed by atoms with Crippen LogP contribution in [-0.4, -0.2) is 35.8 Å². The SMILES string of the molecule is Cn1c(=NC(=O)C2CCCN2S(=O)(=O)c2ccc(Cl)s2)sc2c(Cl)ccc(Cl)c21. The third-order valence-corrected chi connectivity index (χ3v) is 10.2. The van der Waals surface area contributed by atoms with Crippen molar-refractivity contribution in [1.82, 2.24) is 8.87 Å². The largest absolute Gasteiger partial charge is 0.318 e. The molecule has 0 spiro atoms. The van der Waals surface area contributed by atoms with Crippen LogP contribution in [0.5, 0.6) is 0 Å². The average molecular weight is 511 g/mol. The number of carbonyl (C=O) groups is 1. The Kier molecular flexibility index (Phi) is 5.84. The molecule has 1 atom stereocenters. The maximum absolute atomic E-state index is 13.0. The van der Waals surface area contributed by atoms with Crippen molar-refractivity contribution in [3.05, 3.63) is 43.4 Å². The summed E-state index contributed by atoms with van der Waals surface area (Å²) in [6.45, 7) is 0.264. The minimum atomic E-state index is -3.81. The zero-order valence-corrected chi connectivity index (χ0v) is 19.7. The second kappa shape index (κ2) is 7.96. The van der Waals surface area contributed by atoms with E-state index in [-0.39, 0.29) is 10.8 Å². The standard InChI is InChI=1S/C17H14Cl3N3O3S3/c1-22-14-9(18)4-5-10(19)15(14)28-17(22)21-16(24)11-3-2-8-23(11)29(25,26)13-7-6-12(20)27-13/h4-7,11H,2-3,8H2,1H3. The third-order valence-electron chi connectivity index (χ3n) is 4.66. The highest BCUT2D eigenvalue weighted by atomic mass is 35.5. The van der Waals surface area contributed by atoms with Crippen molar-refractivity contribution in [3.63, 3.8) is 0 Å². The number of halogens is 3. The van der Waals surface area contributed by atoms with Crippen molar-refractivity contribution in [2.24, 2.45) is 12.0 Å². The predicted octanol–water partition coefficient (Wildman–Crippen LogP) is 4.54. The molecule has 1 aliphatic heterocycles. The minimum Gasteiger partial charge on any atom is -0.318 e. The van der Waals surface area contributed by atoms with Gasteiger partial charge in [0, 0.05) is 13.6 Å². The molecule has 0 N–H and O–H groups in total. The van der Waals surface area contributed by atoms with Gasteiger partial charge in [0.15, 0.2) is 4.80 Å². The molecule has 1 aromatic carbocycles. The maximum Gasteiger partial charge on any atom is 0.266 e. The summed E-state index contributed by atoms with van der Waals surface area (Å²) in [5.41, 5.74) is 0.680. The van der Waals surface area contributed by atoms with Crippen LogP contribution in [0.4, 0.5) is 0 Å². The first-order chi connectivity index (χ1) is 13.7. The van der Waals surface area contributed by atoms with Gasteiger partial charge in [-0.05, 0) is 37.1 Å². The lowest BCUT2D eigenvalue weighted by Crippen LogP contribution is -2.40. The van der Waals surface area contributed by atoms with Gasteiger partial charge in [0.05, 0.1) is 24.6 Å². The predicted molar refractivity (Wildman–Crippen MR) is 118 cm³/mol. The highest BCUT2D eigenvalue weighted by Gasteiger charge is 2.40. The fourth-order valence-corrected chi connectivity index (χ4v) is 8.21. The number of amides is 1. The van der Waals surface area contributed by atoms with Gasteiger partial charge in [0.25, 0.3) is 15.9 Å². The number of thiophene rings is 1. The van der Waals surface area contributed by atoms with Gasteiger partial charge in [-0.2, -0.15) is 9.30 Å². The molecule has 3 heterocycles. The molecule has 4 rings (SSSR count). The Morgan fingerprint density at radius 2 is 1.86 bits per heavy atom. The summed E-state index contributed by atoms with van der Waals surface area (Å²) >= 11 is 20.6. The number of hydrogen-bond acceptors (Lipinski definition) is 5. The number of aryl methyl sites for hydroxylation is 1. The smallest absolute Gasteiger partial charge is 0.266 e. The second-order valence-electron chi connectivity index (χ2n) is 6.43. The van der Waals surface area contributed by atoms with Crippen LogP contribution in [0.15, 0.2) is 33.5 Å². The monoisotopic (exact) mass is 509 g/mol. The quantitative estimate of drug-likeness (QED) is 0.519. The van der Waals surface area contributed by atoms with Gasteiger partial charge in [-0.3, -0.25) is 4.79 Å². The van der Waals surface area contributed by atoms with E-state index in [0.717, 1.165) is 16.0 Å². The highest BCUT2D eigenvalue weighted by molar-refractivity contribution is 7.91. The average Bonchev–Trinajstić information content (AvgIpc) is 3.38. The normalized spacial score (nSPS) is 18.8. The van der Waals surface area contributed by atoms with Crippen molar-refractivity contribution in [2.45, 2.75) is 23.1 Å². The first kappa shape index (κ1) is 21.3. The zero-order valence-electron chi connectivity index (χ0n) is 14.9. The van der Waals surface area contributed by atoms with Crippen molar-refractivity contribution in [2.75, 3.05) is 6.54 Å². The van der Waals surface area contributed by atoms with Crippen molar-refractivity contribution in [1.29, 1.82) is 0 Å².